The Hall–Kier alpha value is -0.766. The first-order chi connectivity index (χ1) is 37.7. The molecule has 5 N–H and O–H groups in total. The number of ketones is 2. The number of Topliss-reactive ketones (excluding diaryl/α,β-unsaturated/α-hetero) is 2. The molecule has 2 heterocycles. The number of aliphatic hydroxyl groups excluding tert-OH is 2. The summed E-state index contributed by atoms with van der Waals surface area (Å²) in [5.41, 5.74) is -0.895. The van der Waals surface area contributed by atoms with Gasteiger partial charge in [-0.15, -0.1) is 0 Å². The van der Waals surface area contributed by atoms with E-state index in [2.05, 4.69) is 40.0 Å². The highest BCUT2D eigenvalue weighted by atomic mass is 79.9. The van der Waals surface area contributed by atoms with Crippen molar-refractivity contribution < 1.29 is 39.6 Å². The number of piperazine rings is 2. The number of halogens is 1. The summed E-state index contributed by atoms with van der Waals surface area (Å²) in [6, 6.07) is 0. The summed E-state index contributed by atoms with van der Waals surface area (Å²) in [5, 5.41) is 46.2. The molecule has 0 bridgehead atoms. The van der Waals surface area contributed by atoms with Crippen LogP contribution in [0, 0.1) is 80.8 Å². The molecule has 0 aromatic carbocycles. The third kappa shape index (κ3) is 14.7. The number of fused-ring (bicyclic) bond motifs is 10. The van der Waals surface area contributed by atoms with Crippen molar-refractivity contribution in [2.45, 2.75) is 176 Å². The molecule has 2 saturated heterocycles. The van der Waals surface area contributed by atoms with Crippen molar-refractivity contribution in [2.75, 3.05) is 77.4 Å². The van der Waals surface area contributed by atoms with E-state index in [1.807, 2.05) is 23.6 Å². The SMILES string of the molecule is C.CC(=O)N1CCN(CC(=O)[C@H]2CC[C@H]3[C@@H]4CC[C@H]5C[C@](C)(O)CC[C@]5(CO)[C@H]4CC[C@]23C)CC1.CC(=O)N1CCNCC1.C[C@@]1(O)CC[C@@]2(CO)[C@@H](CC[C@H]3[C@@H]4CC[C@H](C(=O)CBr)[C@@]4(C)CC[C@@H]32)C1.[B][B]B([B])B(B([B])[B])B([B])[B]. The van der Waals surface area contributed by atoms with E-state index < -0.39 is 30.4 Å². The van der Waals surface area contributed by atoms with Crippen LogP contribution < -0.4 is 5.32 Å². The molecule has 8 aliphatic carbocycles. The fourth-order valence-electron chi connectivity index (χ4n) is 19.7. The minimum absolute atomic E-state index is 0. The Labute approximate surface area is 509 Å². The molecule has 0 aromatic rings. The maximum atomic E-state index is 13.6. The van der Waals surface area contributed by atoms with Crippen molar-refractivity contribution in [3.63, 3.8) is 0 Å². The van der Waals surface area contributed by atoms with Gasteiger partial charge in [0.1, 0.15) is 11.6 Å². The van der Waals surface area contributed by atoms with E-state index in [0.29, 0.717) is 70.8 Å². The van der Waals surface area contributed by atoms with E-state index in [1.165, 1.54) is 26.3 Å². The summed E-state index contributed by atoms with van der Waals surface area (Å²) in [7, 11) is 33.5. The second kappa shape index (κ2) is 28.6. The summed E-state index contributed by atoms with van der Waals surface area (Å²) in [6.07, 6.45) is 16.6. The van der Waals surface area contributed by atoms with Gasteiger partial charge in [-0.05, 0) is 198 Å². The molecule has 2 aliphatic heterocycles. The molecule has 0 aromatic heterocycles. The van der Waals surface area contributed by atoms with Crippen LogP contribution in [0.3, 0.4) is 0 Å². The summed E-state index contributed by atoms with van der Waals surface area (Å²) in [6.45, 7) is 19.7. The molecule has 13 radical (unpaired) electrons. The van der Waals surface area contributed by atoms with Crippen molar-refractivity contribution >= 4 is 118 Å². The van der Waals surface area contributed by atoms with Crippen molar-refractivity contribution in [3.05, 3.63) is 0 Å². The largest absolute Gasteiger partial charge is 0.396 e. The summed E-state index contributed by atoms with van der Waals surface area (Å²) < 4.78 is 0. The molecule has 16 atom stereocenters. The van der Waals surface area contributed by atoms with Crippen molar-refractivity contribution in [3.8, 4) is 0 Å². The number of nitrogens with zero attached hydrogens (tertiary/aromatic N) is 3. The lowest BCUT2D eigenvalue weighted by Crippen LogP contribution is -2.63. The fraction of sp³-hybridized carbons (Fsp3) is 0.930. The van der Waals surface area contributed by atoms with Gasteiger partial charge in [0.25, 0.3) is 0 Å². The molecule has 24 heteroatoms. The highest BCUT2D eigenvalue weighted by Crippen LogP contribution is 2.70. The number of rotatable bonds is 11. The van der Waals surface area contributed by atoms with E-state index in [0.717, 1.165) is 149 Å². The number of aliphatic hydroxyl groups is 4. The predicted octanol–water partition coefficient (Wildman–Crippen LogP) is 3.32. The van der Waals surface area contributed by atoms with Crippen LogP contribution in [0.2, 0.25) is 0 Å². The summed E-state index contributed by atoms with van der Waals surface area (Å²) in [4.78, 5) is 54.4. The standard InChI is InChI=1S/C28H46N2O4.C22H35BrO3.C6H12N2O.CH4.B11/c1-19(32)30-14-12-29(13-15-30)17-25(33)24-7-6-22-21-5-4-20-16-26(2,34)10-11-28(20,18-31)23(21)8-9-27(22,24)3;1-20(26)9-10-22(13-24)14(11-20)3-4-15-16-5-6-18(19(25)12-23)21(16,2)8-7-17(15)22;1-6(9)8-4-2-7-3-5-8;;1-7-10(6)11(8(2)3)9(4)5/h20-24,31,34H,4-18H2,1-3H3;14-18,24,26H,3-13H2,1-2H3;7H,2-5H2,1H3;1H4;/t20-,21-,22-,23-,24+,26+,27-,28+;14-,15-,16-,17-,18+,20+,21-,22+;;;/m00.../s1. The quantitative estimate of drug-likeness (QED) is 0.153. The van der Waals surface area contributed by atoms with Crippen LogP contribution in [-0.4, -0.2) is 226 Å². The lowest BCUT2D eigenvalue weighted by molar-refractivity contribution is -0.171. The average Bonchev–Trinajstić information content (AvgIpc) is 4.24. The van der Waals surface area contributed by atoms with E-state index in [9.17, 15) is 39.6 Å². The molecule has 2 amide bonds. The molecule has 12 nitrogen and oxygen atoms in total. The molecule has 10 aliphatic rings. The minimum atomic E-state index is -0.648. The van der Waals surface area contributed by atoms with Crippen LogP contribution in [0.5, 0.6) is 0 Å². The number of carbonyl (C=O) groups excluding carboxylic acids is 4. The Bertz CT molecular complexity index is 2110. The topological polar surface area (TPSA) is 171 Å². The molecule has 10 rings (SSSR count). The maximum absolute atomic E-state index is 13.6. The number of hydrogen-bond acceptors (Lipinski definition) is 10. The first-order valence-corrected chi connectivity index (χ1v) is 32.3. The molecule has 0 spiro atoms. The van der Waals surface area contributed by atoms with Gasteiger partial charge in [0.15, 0.2) is 0 Å². The van der Waals surface area contributed by atoms with Crippen molar-refractivity contribution in [2.24, 2.45) is 80.8 Å². The molecular formula is C57H97B11BrN4O8. The van der Waals surface area contributed by atoms with Gasteiger partial charge in [0.2, 0.25) is 11.8 Å². The van der Waals surface area contributed by atoms with Gasteiger partial charge in [0, 0.05) is 170 Å². The highest BCUT2D eigenvalue weighted by molar-refractivity contribution is 9.09. The van der Waals surface area contributed by atoms with Crippen molar-refractivity contribution in [1.82, 2.24) is 20.0 Å². The Morgan fingerprint density at radius 3 is 1.36 bits per heavy atom. The van der Waals surface area contributed by atoms with Crippen LogP contribution in [0.4, 0.5) is 0 Å². The number of amides is 2. The molecular weight excluding hydrogens is 1070 g/mol. The van der Waals surface area contributed by atoms with Crippen LogP contribution in [0.1, 0.15) is 165 Å². The lowest BCUT2D eigenvalue weighted by atomic mass is 8.56. The third-order valence-corrected chi connectivity index (χ3v) is 24.7. The van der Waals surface area contributed by atoms with E-state index in [-0.39, 0.29) is 72.3 Å². The zero-order chi connectivity index (χ0) is 58.8. The van der Waals surface area contributed by atoms with Crippen LogP contribution >= 0.6 is 15.9 Å². The van der Waals surface area contributed by atoms with Gasteiger partial charge in [0.05, 0.1) is 23.1 Å². The molecule has 0 unspecified atom stereocenters. The van der Waals surface area contributed by atoms with Crippen LogP contribution in [-0.2, 0) is 19.2 Å². The lowest BCUT2D eigenvalue weighted by Gasteiger charge is -2.62. The third-order valence-electron chi connectivity index (χ3n) is 24.1. The second-order valence-electron chi connectivity index (χ2n) is 28.4. The van der Waals surface area contributed by atoms with Crippen LogP contribution in [0.15, 0.2) is 0 Å². The average molecular weight is 1170 g/mol. The van der Waals surface area contributed by atoms with Gasteiger partial charge in [-0.1, -0.05) is 37.2 Å². The van der Waals surface area contributed by atoms with Gasteiger partial charge in [-0.25, -0.2) is 0 Å². The predicted molar refractivity (Wildman–Crippen MR) is 342 cm³/mol. The summed E-state index contributed by atoms with van der Waals surface area (Å²) >= 11 is 3.40. The minimum Gasteiger partial charge on any atom is -0.396 e. The van der Waals surface area contributed by atoms with E-state index in [4.69, 9.17) is 46.4 Å². The number of alkyl halides is 1. The normalized spacial score (nSPS) is 40.2. The molecule has 433 valence electrons. The van der Waals surface area contributed by atoms with Crippen LogP contribution in [0.25, 0.3) is 0 Å². The smallest absolute Gasteiger partial charge is 0.219 e. The van der Waals surface area contributed by atoms with Gasteiger partial charge in [-0.2, -0.15) is 0 Å². The number of hydrogen-bond donors (Lipinski definition) is 5. The first-order valence-electron chi connectivity index (χ1n) is 31.2. The molecule has 10 fully saturated rings. The van der Waals surface area contributed by atoms with Gasteiger partial charge >= 0.3 is 0 Å². The Morgan fingerprint density at radius 2 is 1.00 bits per heavy atom. The Morgan fingerprint density at radius 1 is 0.580 bits per heavy atom. The second-order valence-corrected chi connectivity index (χ2v) is 29.0. The zero-order valence-electron chi connectivity index (χ0n) is 50.0. The van der Waals surface area contributed by atoms with E-state index >= 15 is 0 Å². The zero-order valence-corrected chi connectivity index (χ0v) is 51.6. The fourth-order valence-corrected chi connectivity index (χ4v) is 20.1. The van der Waals surface area contributed by atoms with Crippen molar-refractivity contribution in [1.29, 1.82) is 0 Å². The highest BCUT2D eigenvalue weighted by Gasteiger charge is 2.65. The summed E-state index contributed by atoms with van der Waals surface area (Å²) in [5.74, 6) is 6.02. The van der Waals surface area contributed by atoms with E-state index in [1.54, 1.807) is 13.8 Å². The maximum Gasteiger partial charge on any atom is 0.219 e. The number of carbonyl (C=O) groups is 4. The Balaban J connectivity index is 0.000000197. The molecule has 8 saturated carbocycles. The molecule has 81 heavy (non-hydrogen) atoms. The monoisotopic (exact) mass is 1170 g/mol. The first kappa shape index (κ1) is 69.3. The van der Waals surface area contributed by atoms with Gasteiger partial charge in [-0.3, -0.25) is 24.1 Å². The number of nitrogens with one attached hydrogen (secondary N) is 1. The Kier molecular flexibility index (Phi) is 24.5. The van der Waals surface area contributed by atoms with Gasteiger partial charge < -0.3 is 35.5 Å².